The number of carbonyl (C=O) groups is 1. The van der Waals surface area contributed by atoms with Crippen LogP contribution in [-0.4, -0.2) is 49.1 Å². The van der Waals surface area contributed by atoms with Crippen LogP contribution in [0.4, 0.5) is 0 Å². The summed E-state index contributed by atoms with van der Waals surface area (Å²) in [4.78, 5) is 15.3. The van der Waals surface area contributed by atoms with Gasteiger partial charge in [0.05, 0.1) is 17.3 Å². The topological polar surface area (TPSA) is 54.5 Å². The first-order chi connectivity index (χ1) is 10.3. The van der Waals surface area contributed by atoms with Gasteiger partial charge in [-0.25, -0.2) is 8.42 Å². The SMILES string of the molecule is CCN(C(=O)CSc1cc(C)ccc1C)C1CCS(=O)(=O)C1. The fraction of sp³-hybridized carbons (Fsp3) is 0.562. The Balaban J connectivity index is 1.99. The van der Waals surface area contributed by atoms with Crippen molar-refractivity contribution < 1.29 is 13.2 Å². The van der Waals surface area contributed by atoms with Gasteiger partial charge in [-0.2, -0.15) is 0 Å². The number of carbonyl (C=O) groups excluding carboxylic acids is 1. The van der Waals surface area contributed by atoms with Gasteiger partial charge in [0.1, 0.15) is 0 Å². The minimum Gasteiger partial charge on any atom is -0.338 e. The van der Waals surface area contributed by atoms with Crippen molar-refractivity contribution in [3.63, 3.8) is 0 Å². The van der Waals surface area contributed by atoms with E-state index >= 15 is 0 Å². The Morgan fingerprint density at radius 3 is 2.68 bits per heavy atom. The second-order valence-corrected chi connectivity index (χ2v) is 9.04. The smallest absolute Gasteiger partial charge is 0.233 e. The van der Waals surface area contributed by atoms with Crippen LogP contribution in [0.2, 0.25) is 0 Å². The molecular formula is C16H23NO3S2. The predicted molar refractivity (Wildman–Crippen MR) is 91.1 cm³/mol. The molecule has 1 aromatic rings. The second kappa shape index (κ2) is 7.04. The highest BCUT2D eigenvalue weighted by atomic mass is 32.2. The summed E-state index contributed by atoms with van der Waals surface area (Å²) >= 11 is 1.53. The number of thioether (sulfide) groups is 1. The van der Waals surface area contributed by atoms with Crippen molar-refractivity contribution in [2.45, 2.75) is 38.1 Å². The summed E-state index contributed by atoms with van der Waals surface area (Å²) in [5.41, 5.74) is 2.34. The maximum atomic E-state index is 12.5. The maximum Gasteiger partial charge on any atom is 0.233 e. The van der Waals surface area contributed by atoms with Crippen molar-refractivity contribution in [1.29, 1.82) is 0 Å². The lowest BCUT2D eigenvalue weighted by Gasteiger charge is -2.26. The Kier molecular flexibility index (Phi) is 5.55. The van der Waals surface area contributed by atoms with E-state index in [9.17, 15) is 13.2 Å². The van der Waals surface area contributed by atoms with Crippen LogP contribution in [0, 0.1) is 13.8 Å². The third-order valence-electron chi connectivity index (χ3n) is 4.01. The summed E-state index contributed by atoms with van der Waals surface area (Å²) in [6.07, 6.45) is 0.566. The first kappa shape index (κ1) is 17.3. The van der Waals surface area contributed by atoms with Gasteiger partial charge in [-0.15, -0.1) is 11.8 Å². The second-order valence-electron chi connectivity index (χ2n) is 5.79. The summed E-state index contributed by atoms with van der Waals surface area (Å²) in [6, 6.07) is 6.05. The van der Waals surface area contributed by atoms with E-state index in [4.69, 9.17) is 0 Å². The van der Waals surface area contributed by atoms with Crippen LogP contribution in [0.3, 0.4) is 0 Å². The summed E-state index contributed by atoms with van der Waals surface area (Å²) < 4.78 is 23.2. The summed E-state index contributed by atoms with van der Waals surface area (Å²) in [5.74, 6) is 0.691. The molecule has 0 spiro atoms. The highest BCUT2D eigenvalue weighted by molar-refractivity contribution is 8.00. The molecule has 1 heterocycles. The highest BCUT2D eigenvalue weighted by Gasteiger charge is 2.33. The molecule has 0 bridgehead atoms. The van der Waals surface area contributed by atoms with Crippen molar-refractivity contribution in [1.82, 2.24) is 4.90 Å². The minimum absolute atomic E-state index is 0.0236. The van der Waals surface area contributed by atoms with Crippen LogP contribution in [0.5, 0.6) is 0 Å². The molecule has 0 N–H and O–H groups in total. The molecule has 6 heteroatoms. The van der Waals surface area contributed by atoms with Crippen LogP contribution in [0.1, 0.15) is 24.5 Å². The predicted octanol–water partition coefficient (Wildman–Crippen LogP) is 2.43. The van der Waals surface area contributed by atoms with Crippen molar-refractivity contribution in [2.24, 2.45) is 0 Å². The normalized spacial score (nSPS) is 20.0. The third kappa shape index (κ3) is 4.26. The monoisotopic (exact) mass is 341 g/mol. The van der Waals surface area contributed by atoms with Gasteiger partial charge in [-0.05, 0) is 38.8 Å². The molecule has 0 aliphatic carbocycles. The molecular weight excluding hydrogens is 318 g/mol. The molecule has 0 radical (unpaired) electrons. The van der Waals surface area contributed by atoms with E-state index in [0.717, 1.165) is 10.5 Å². The molecule has 1 unspecified atom stereocenters. The van der Waals surface area contributed by atoms with Crippen LogP contribution < -0.4 is 0 Å². The van der Waals surface area contributed by atoms with Crippen LogP contribution in [0.15, 0.2) is 23.1 Å². The molecule has 122 valence electrons. The standard InChI is InChI=1S/C16H23NO3S2/c1-4-17(14-7-8-22(19,20)11-14)16(18)10-21-15-9-12(2)5-6-13(15)3/h5-6,9,14H,4,7-8,10-11H2,1-3H3. The van der Waals surface area contributed by atoms with Crippen LogP contribution >= 0.6 is 11.8 Å². The van der Waals surface area contributed by atoms with E-state index in [0.29, 0.717) is 18.7 Å². The van der Waals surface area contributed by atoms with Crippen molar-refractivity contribution >= 4 is 27.5 Å². The lowest BCUT2D eigenvalue weighted by atomic mass is 10.2. The number of hydrogen-bond acceptors (Lipinski definition) is 4. The van der Waals surface area contributed by atoms with Gasteiger partial charge in [0.15, 0.2) is 9.84 Å². The average molecular weight is 341 g/mol. The number of rotatable bonds is 5. The Hall–Kier alpha value is -1.01. The number of aryl methyl sites for hydroxylation is 2. The summed E-state index contributed by atoms with van der Waals surface area (Å²) in [5, 5.41) is 0. The molecule has 4 nitrogen and oxygen atoms in total. The van der Waals surface area contributed by atoms with Gasteiger partial charge in [-0.1, -0.05) is 17.7 Å². The number of amides is 1. The number of nitrogens with zero attached hydrogens (tertiary/aromatic N) is 1. The molecule has 1 aliphatic rings. The van der Waals surface area contributed by atoms with E-state index < -0.39 is 9.84 Å². The van der Waals surface area contributed by atoms with Gasteiger partial charge >= 0.3 is 0 Å². The van der Waals surface area contributed by atoms with E-state index in [1.807, 2.05) is 20.8 Å². The van der Waals surface area contributed by atoms with E-state index in [2.05, 4.69) is 18.2 Å². The fourth-order valence-corrected chi connectivity index (χ4v) is 5.49. The zero-order valence-electron chi connectivity index (χ0n) is 13.3. The molecule has 0 aromatic heterocycles. The van der Waals surface area contributed by atoms with Crippen LogP contribution in [-0.2, 0) is 14.6 Å². The lowest BCUT2D eigenvalue weighted by molar-refractivity contribution is -0.129. The van der Waals surface area contributed by atoms with Gasteiger partial charge in [0.2, 0.25) is 5.91 Å². The van der Waals surface area contributed by atoms with E-state index in [1.165, 1.54) is 17.3 Å². The van der Waals surface area contributed by atoms with E-state index in [1.54, 1.807) is 4.90 Å². The number of sulfone groups is 1. The average Bonchev–Trinajstić information content (AvgIpc) is 2.80. The Labute approximate surface area is 137 Å². The van der Waals surface area contributed by atoms with Gasteiger partial charge < -0.3 is 4.90 Å². The van der Waals surface area contributed by atoms with Gasteiger partial charge in [0, 0.05) is 17.5 Å². The van der Waals surface area contributed by atoms with Gasteiger partial charge in [0.25, 0.3) is 0 Å². The highest BCUT2D eigenvalue weighted by Crippen LogP contribution is 2.25. The molecule has 1 atom stereocenters. The van der Waals surface area contributed by atoms with E-state index in [-0.39, 0.29) is 23.5 Å². The Morgan fingerprint density at radius 2 is 2.09 bits per heavy atom. The Morgan fingerprint density at radius 1 is 1.36 bits per heavy atom. The maximum absolute atomic E-state index is 12.5. The van der Waals surface area contributed by atoms with Gasteiger partial charge in [-0.3, -0.25) is 4.79 Å². The molecule has 1 saturated heterocycles. The summed E-state index contributed by atoms with van der Waals surface area (Å²) in [6.45, 7) is 6.54. The number of hydrogen-bond donors (Lipinski definition) is 0. The molecule has 2 rings (SSSR count). The van der Waals surface area contributed by atoms with Crippen molar-refractivity contribution in [2.75, 3.05) is 23.8 Å². The van der Waals surface area contributed by atoms with Crippen molar-refractivity contribution in [3.05, 3.63) is 29.3 Å². The van der Waals surface area contributed by atoms with Crippen LogP contribution in [0.25, 0.3) is 0 Å². The fourth-order valence-electron chi connectivity index (χ4n) is 2.74. The molecule has 1 amide bonds. The zero-order chi connectivity index (χ0) is 16.3. The zero-order valence-corrected chi connectivity index (χ0v) is 15.0. The molecule has 1 aliphatic heterocycles. The third-order valence-corrected chi connectivity index (χ3v) is 6.90. The first-order valence-electron chi connectivity index (χ1n) is 7.52. The minimum atomic E-state index is -2.96. The largest absolute Gasteiger partial charge is 0.338 e. The summed E-state index contributed by atoms with van der Waals surface area (Å²) in [7, 11) is -2.96. The number of benzene rings is 1. The molecule has 22 heavy (non-hydrogen) atoms. The van der Waals surface area contributed by atoms with Crippen molar-refractivity contribution in [3.8, 4) is 0 Å². The molecule has 1 aromatic carbocycles. The first-order valence-corrected chi connectivity index (χ1v) is 10.3. The lowest BCUT2D eigenvalue weighted by Crippen LogP contribution is -2.41. The quantitative estimate of drug-likeness (QED) is 0.772. The molecule has 0 saturated carbocycles. The Bertz CT molecular complexity index is 655. The molecule has 1 fully saturated rings.